The van der Waals surface area contributed by atoms with Crippen molar-refractivity contribution in [3.05, 3.63) is 99.5 Å². The SMILES string of the molecule is CCNC(=O)[C@@H](Cc1ccccc1)N(Cc1ccc(Cl)cc1Cl)C(=O)CN(c1ccc(CC)cc1)S(C)(=O)=O. The lowest BCUT2D eigenvalue weighted by Crippen LogP contribution is -2.53. The largest absolute Gasteiger partial charge is 0.355 e. The van der Waals surface area contributed by atoms with Gasteiger partial charge in [-0.1, -0.05) is 78.7 Å². The Balaban J connectivity index is 2.05. The number of halogens is 2. The van der Waals surface area contributed by atoms with Crippen molar-refractivity contribution in [3.8, 4) is 0 Å². The lowest BCUT2D eigenvalue weighted by molar-refractivity contribution is -0.140. The first-order valence-electron chi connectivity index (χ1n) is 12.6. The van der Waals surface area contributed by atoms with E-state index in [9.17, 15) is 18.0 Å². The molecule has 0 saturated heterocycles. The number of nitrogens with one attached hydrogen (secondary N) is 1. The van der Waals surface area contributed by atoms with Gasteiger partial charge in [0.15, 0.2) is 0 Å². The molecule has 0 aliphatic rings. The van der Waals surface area contributed by atoms with E-state index in [1.54, 1.807) is 37.3 Å². The summed E-state index contributed by atoms with van der Waals surface area (Å²) in [6.45, 7) is 3.66. The van der Waals surface area contributed by atoms with Crippen molar-refractivity contribution in [1.82, 2.24) is 10.2 Å². The van der Waals surface area contributed by atoms with Gasteiger partial charge in [0, 0.05) is 29.6 Å². The van der Waals surface area contributed by atoms with E-state index in [1.807, 2.05) is 49.4 Å². The molecule has 0 fully saturated rings. The summed E-state index contributed by atoms with van der Waals surface area (Å²) in [7, 11) is -3.83. The van der Waals surface area contributed by atoms with Crippen LogP contribution in [0.25, 0.3) is 0 Å². The van der Waals surface area contributed by atoms with Crippen LogP contribution >= 0.6 is 23.2 Å². The summed E-state index contributed by atoms with van der Waals surface area (Å²) in [6, 6.07) is 20.4. The van der Waals surface area contributed by atoms with Crippen molar-refractivity contribution >= 4 is 50.7 Å². The highest BCUT2D eigenvalue weighted by Crippen LogP contribution is 2.25. The van der Waals surface area contributed by atoms with Crippen molar-refractivity contribution in [2.75, 3.05) is 23.7 Å². The van der Waals surface area contributed by atoms with Gasteiger partial charge in [0.25, 0.3) is 0 Å². The van der Waals surface area contributed by atoms with Gasteiger partial charge in [-0.2, -0.15) is 0 Å². The van der Waals surface area contributed by atoms with Crippen LogP contribution in [0.4, 0.5) is 5.69 Å². The first-order chi connectivity index (χ1) is 18.5. The van der Waals surface area contributed by atoms with Gasteiger partial charge in [-0.3, -0.25) is 13.9 Å². The van der Waals surface area contributed by atoms with Gasteiger partial charge in [0.05, 0.1) is 11.9 Å². The van der Waals surface area contributed by atoms with Gasteiger partial charge in [-0.05, 0) is 54.3 Å². The second-order valence-electron chi connectivity index (χ2n) is 9.15. The van der Waals surface area contributed by atoms with Crippen molar-refractivity contribution in [2.24, 2.45) is 0 Å². The second kappa shape index (κ2) is 13.8. The van der Waals surface area contributed by atoms with Crippen LogP contribution in [0.5, 0.6) is 0 Å². The molecule has 208 valence electrons. The topological polar surface area (TPSA) is 86.8 Å². The molecule has 0 saturated carbocycles. The lowest BCUT2D eigenvalue weighted by atomic mass is 10.0. The number of carbonyl (C=O) groups is 2. The third-order valence-corrected chi connectivity index (χ3v) is 8.02. The van der Waals surface area contributed by atoms with E-state index >= 15 is 0 Å². The van der Waals surface area contributed by atoms with Crippen LogP contribution in [0, 0.1) is 0 Å². The molecule has 3 rings (SSSR count). The van der Waals surface area contributed by atoms with Crippen LogP contribution in [-0.4, -0.2) is 50.5 Å². The fourth-order valence-electron chi connectivity index (χ4n) is 4.19. The highest BCUT2D eigenvalue weighted by Gasteiger charge is 2.33. The quantitative estimate of drug-likeness (QED) is 0.318. The van der Waals surface area contributed by atoms with Gasteiger partial charge >= 0.3 is 0 Å². The molecular weight excluding hydrogens is 557 g/mol. The predicted octanol–water partition coefficient (Wildman–Crippen LogP) is 5.10. The van der Waals surface area contributed by atoms with E-state index in [-0.39, 0.29) is 18.9 Å². The standard InChI is InChI=1S/C29H33Cl2N3O4S/c1-4-21-11-15-25(16-12-21)34(39(3,37)38)20-28(35)33(19-23-13-14-24(30)18-26(23)31)27(29(36)32-5-2)17-22-9-7-6-8-10-22/h6-16,18,27H,4-5,17,19-20H2,1-3H3,(H,32,36)/t27-/m1/s1. The molecule has 0 radical (unpaired) electrons. The van der Waals surface area contributed by atoms with Gasteiger partial charge < -0.3 is 10.2 Å². The minimum absolute atomic E-state index is 0.0180. The Morgan fingerprint density at radius 3 is 2.15 bits per heavy atom. The molecule has 10 heteroatoms. The number of sulfonamides is 1. The third-order valence-electron chi connectivity index (χ3n) is 6.29. The Morgan fingerprint density at radius 1 is 0.923 bits per heavy atom. The monoisotopic (exact) mass is 589 g/mol. The normalized spacial score (nSPS) is 12.0. The zero-order chi connectivity index (χ0) is 28.6. The molecule has 0 unspecified atom stereocenters. The highest BCUT2D eigenvalue weighted by molar-refractivity contribution is 7.92. The molecule has 1 N–H and O–H groups in total. The van der Waals surface area contributed by atoms with Crippen LogP contribution in [-0.2, 0) is 39.0 Å². The van der Waals surface area contributed by atoms with Crippen LogP contribution in [0.3, 0.4) is 0 Å². The maximum atomic E-state index is 14.0. The first-order valence-corrected chi connectivity index (χ1v) is 15.3. The van der Waals surface area contributed by atoms with Crippen molar-refractivity contribution in [1.29, 1.82) is 0 Å². The third kappa shape index (κ3) is 8.46. The maximum absolute atomic E-state index is 14.0. The number of benzene rings is 3. The van der Waals surface area contributed by atoms with Crippen molar-refractivity contribution in [2.45, 2.75) is 39.3 Å². The number of hydrogen-bond donors (Lipinski definition) is 1. The molecule has 0 aromatic heterocycles. The first kappa shape index (κ1) is 30.5. The summed E-state index contributed by atoms with van der Waals surface area (Å²) in [5.41, 5.74) is 2.83. The fraction of sp³-hybridized carbons (Fsp3) is 0.310. The van der Waals surface area contributed by atoms with E-state index < -0.39 is 28.5 Å². The summed E-state index contributed by atoms with van der Waals surface area (Å²) in [4.78, 5) is 28.7. The molecule has 0 aliphatic heterocycles. The average molecular weight is 591 g/mol. The molecule has 3 aromatic carbocycles. The molecule has 0 heterocycles. The smallest absolute Gasteiger partial charge is 0.244 e. The zero-order valence-electron chi connectivity index (χ0n) is 22.2. The van der Waals surface area contributed by atoms with Gasteiger partial charge in [-0.25, -0.2) is 8.42 Å². The molecule has 7 nitrogen and oxygen atoms in total. The van der Waals surface area contributed by atoms with E-state index in [1.165, 1.54) is 4.90 Å². The van der Waals surface area contributed by atoms with Gasteiger partial charge in [0.1, 0.15) is 12.6 Å². The lowest BCUT2D eigenvalue weighted by Gasteiger charge is -2.33. The molecule has 3 aromatic rings. The Bertz CT molecular complexity index is 1380. The summed E-state index contributed by atoms with van der Waals surface area (Å²) < 4.78 is 26.7. The summed E-state index contributed by atoms with van der Waals surface area (Å²) in [5, 5.41) is 3.59. The molecule has 39 heavy (non-hydrogen) atoms. The number of anilines is 1. The van der Waals surface area contributed by atoms with Crippen molar-refractivity contribution in [3.63, 3.8) is 0 Å². The summed E-state index contributed by atoms with van der Waals surface area (Å²) in [5.74, 6) is -0.892. The predicted molar refractivity (Wildman–Crippen MR) is 158 cm³/mol. The minimum atomic E-state index is -3.83. The van der Waals surface area contributed by atoms with Crippen molar-refractivity contribution < 1.29 is 18.0 Å². The highest BCUT2D eigenvalue weighted by atomic mass is 35.5. The Kier molecular flexibility index (Phi) is 10.8. The molecule has 2 amide bonds. The van der Waals surface area contributed by atoms with Gasteiger partial charge in [-0.15, -0.1) is 0 Å². The number of likely N-dealkylation sites (N-methyl/N-ethyl adjacent to an activating group) is 1. The van der Waals surface area contributed by atoms with E-state index in [0.717, 1.165) is 28.1 Å². The number of carbonyl (C=O) groups excluding carboxylic acids is 2. The van der Waals surface area contributed by atoms with Crippen LogP contribution in [0.15, 0.2) is 72.8 Å². The Labute approximate surface area is 240 Å². The number of hydrogen-bond acceptors (Lipinski definition) is 4. The molecular formula is C29H33Cl2N3O4S. The number of rotatable bonds is 12. The molecule has 0 aliphatic carbocycles. The fourth-order valence-corrected chi connectivity index (χ4v) is 5.51. The minimum Gasteiger partial charge on any atom is -0.355 e. The summed E-state index contributed by atoms with van der Waals surface area (Å²) in [6.07, 6.45) is 2.08. The molecule has 0 spiro atoms. The van der Waals surface area contributed by atoms with Gasteiger partial charge in [0.2, 0.25) is 21.8 Å². The van der Waals surface area contributed by atoms with Crippen LogP contribution in [0.2, 0.25) is 10.0 Å². The Hall–Kier alpha value is -3.07. The molecule has 1 atom stereocenters. The van der Waals surface area contributed by atoms with Crippen LogP contribution in [0.1, 0.15) is 30.5 Å². The number of aryl methyl sites for hydroxylation is 1. The Morgan fingerprint density at radius 2 is 1.59 bits per heavy atom. The number of amides is 2. The maximum Gasteiger partial charge on any atom is 0.244 e. The van der Waals surface area contributed by atoms with E-state index in [4.69, 9.17) is 23.2 Å². The number of nitrogens with zero attached hydrogens (tertiary/aromatic N) is 2. The van der Waals surface area contributed by atoms with Crippen LogP contribution < -0.4 is 9.62 Å². The van der Waals surface area contributed by atoms with E-state index in [0.29, 0.717) is 27.8 Å². The molecule has 0 bridgehead atoms. The van der Waals surface area contributed by atoms with E-state index in [2.05, 4.69) is 5.32 Å². The summed E-state index contributed by atoms with van der Waals surface area (Å²) >= 11 is 12.5. The second-order valence-corrected chi connectivity index (χ2v) is 11.9. The zero-order valence-corrected chi connectivity index (χ0v) is 24.6. The average Bonchev–Trinajstić information content (AvgIpc) is 2.90.